The van der Waals surface area contributed by atoms with E-state index in [0.717, 1.165) is 11.1 Å². The third kappa shape index (κ3) is 2.46. The van der Waals surface area contributed by atoms with E-state index in [0.29, 0.717) is 6.54 Å². The molecule has 0 aromatic heterocycles. The molecule has 0 bridgehead atoms. The molecule has 1 fully saturated rings. The normalized spacial score (nSPS) is 20.4. The van der Waals surface area contributed by atoms with Gasteiger partial charge in [-0.3, -0.25) is 9.59 Å². The van der Waals surface area contributed by atoms with Gasteiger partial charge in [0.05, 0.1) is 6.54 Å². The summed E-state index contributed by atoms with van der Waals surface area (Å²) in [4.78, 5) is 24.9. The Balaban J connectivity index is 2.16. The molecule has 4 heteroatoms. The van der Waals surface area contributed by atoms with Crippen molar-refractivity contribution in [2.75, 3.05) is 6.54 Å². The Kier molecular flexibility index (Phi) is 3.13. The van der Waals surface area contributed by atoms with Crippen LogP contribution < -0.4 is 5.32 Å². The maximum absolute atomic E-state index is 11.8. The van der Waals surface area contributed by atoms with Crippen molar-refractivity contribution in [2.24, 2.45) is 0 Å². The fourth-order valence-electron chi connectivity index (χ4n) is 2.00. The average Bonchev–Trinajstić information content (AvgIpc) is 2.30. The molecule has 0 radical (unpaired) electrons. The van der Waals surface area contributed by atoms with Crippen molar-refractivity contribution < 1.29 is 9.59 Å². The molecular weight excluding hydrogens is 216 g/mol. The van der Waals surface area contributed by atoms with Crippen molar-refractivity contribution in [3.8, 4) is 0 Å². The predicted octanol–water partition coefficient (Wildman–Crippen LogP) is 0.842. The zero-order chi connectivity index (χ0) is 12.4. The standard InChI is InChI=1S/C13H16N2O2/c1-9-4-3-5-11(6-9)8-15-10(2)13(17)14-7-12(15)16/h3-6,10H,7-8H2,1-2H3,(H,14,17). The third-order valence-electron chi connectivity index (χ3n) is 3.02. The second kappa shape index (κ2) is 4.57. The highest BCUT2D eigenvalue weighted by atomic mass is 16.2. The van der Waals surface area contributed by atoms with Gasteiger partial charge in [-0.25, -0.2) is 0 Å². The van der Waals surface area contributed by atoms with E-state index in [2.05, 4.69) is 5.32 Å². The number of piperazine rings is 1. The molecule has 1 aliphatic heterocycles. The van der Waals surface area contributed by atoms with Crippen LogP contribution in [0.15, 0.2) is 24.3 Å². The molecular formula is C13H16N2O2. The number of hydrogen-bond donors (Lipinski definition) is 1. The molecule has 1 aliphatic rings. The van der Waals surface area contributed by atoms with Crippen LogP contribution in [0.1, 0.15) is 18.1 Å². The van der Waals surface area contributed by atoms with Crippen molar-refractivity contribution >= 4 is 11.8 Å². The Labute approximate surface area is 101 Å². The van der Waals surface area contributed by atoms with E-state index in [1.54, 1.807) is 11.8 Å². The number of carbonyl (C=O) groups excluding carboxylic acids is 2. The van der Waals surface area contributed by atoms with Gasteiger partial charge in [-0.1, -0.05) is 29.8 Å². The smallest absolute Gasteiger partial charge is 0.242 e. The van der Waals surface area contributed by atoms with Crippen LogP contribution in [-0.4, -0.2) is 29.3 Å². The van der Waals surface area contributed by atoms with Gasteiger partial charge in [0.2, 0.25) is 11.8 Å². The van der Waals surface area contributed by atoms with E-state index in [4.69, 9.17) is 0 Å². The largest absolute Gasteiger partial charge is 0.345 e. The summed E-state index contributed by atoms with van der Waals surface area (Å²) in [6.45, 7) is 4.37. The van der Waals surface area contributed by atoms with Crippen molar-refractivity contribution in [3.63, 3.8) is 0 Å². The summed E-state index contributed by atoms with van der Waals surface area (Å²) in [6.07, 6.45) is 0. The number of rotatable bonds is 2. The van der Waals surface area contributed by atoms with Crippen molar-refractivity contribution in [1.29, 1.82) is 0 Å². The van der Waals surface area contributed by atoms with E-state index < -0.39 is 6.04 Å². The summed E-state index contributed by atoms with van der Waals surface area (Å²) < 4.78 is 0. The summed E-state index contributed by atoms with van der Waals surface area (Å²) in [5.41, 5.74) is 2.21. The van der Waals surface area contributed by atoms with E-state index >= 15 is 0 Å². The maximum atomic E-state index is 11.8. The molecule has 1 unspecified atom stereocenters. The quantitative estimate of drug-likeness (QED) is 0.821. The fraction of sp³-hybridized carbons (Fsp3) is 0.385. The highest BCUT2D eigenvalue weighted by molar-refractivity contribution is 5.94. The number of nitrogens with one attached hydrogen (secondary N) is 1. The Morgan fingerprint density at radius 1 is 1.41 bits per heavy atom. The van der Waals surface area contributed by atoms with Crippen LogP contribution in [0.5, 0.6) is 0 Å². The van der Waals surface area contributed by atoms with Gasteiger partial charge >= 0.3 is 0 Å². The second-order valence-corrected chi connectivity index (χ2v) is 4.40. The topological polar surface area (TPSA) is 49.4 Å². The SMILES string of the molecule is Cc1cccc(CN2C(=O)CNC(=O)C2C)c1. The van der Waals surface area contributed by atoms with Gasteiger partial charge < -0.3 is 10.2 Å². The van der Waals surface area contributed by atoms with Gasteiger partial charge in [-0.05, 0) is 19.4 Å². The summed E-state index contributed by atoms with van der Waals surface area (Å²) in [5.74, 6) is -0.115. The molecule has 1 aromatic rings. The molecule has 90 valence electrons. The van der Waals surface area contributed by atoms with Gasteiger partial charge in [-0.2, -0.15) is 0 Å². The minimum atomic E-state index is -0.392. The summed E-state index contributed by atoms with van der Waals surface area (Å²) in [5, 5.41) is 2.58. The van der Waals surface area contributed by atoms with Crippen LogP contribution >= 0.6 is 0 Å². The monoisotopic (exact) mass is 232 g/mol. The molecule has 0 aliphatic carbocycles. The Hall–Kier alpha value is -1.84. The van der Waals surface area contributed by atoms with Crippen LogP contribution in [0.2, 0.25) is 0 Å². The molecule has 1 atom stereocenters. The lowest BCUT2D eigenvalue weighted by atomic mass is 10.1. The molecule has 4 nitrogen and oxygen atoms in total. The first-order valence-corrected chi connectivity index (χ1v) is 5.70. The van der Waals surface area contributed by atoms with E-state index in [1.807, 2.05) is 31.2 Å². The minimum absolute atomic E-state index is 0.0291. The van der Waals surface area contributed by atoms with Crippen LogP contribution in [0, 0.1) is 6.92 Å². The lowest BCUT2D eigenvalue weighted by molar-refractivity contribution is -0.145. The Morgan fingerprint density at radius 3 is 2.88 bits per heavy atom. The Bertz CT molecular complexity index is 456. The fourth-order valence-corrected chi connectivity index (χ4v) is 2.00. The first kappa shape index (κ1) is 11.6. The summed E-state index contributed by atoms with van der Waals surface area (Å²) in [7, 11) is 0. The lowest BCUT2D eigenvalue weighted by Crippen LogP contribution is -2.56. The molecule has 1 N–H and O–H groups in total. The molecule has 0 spiro atoms. The van der Waals surface area contributed by atoms with Crippen molar-refractivity contribution in [1.82, 2.24) is 10.2 Å². The van der Waals surface area contributed by atoms with Crippen LogP contribution in [0.4, 0.5) is 0 Å². The van der Waals surface area contributed by atoms with E-state index in [1.165, 1.54) is 0 Å². The highest BCUT2D eigenvalue weighted by Gasteiger charge is 2.30. The molecule has 1 aromatic carbocycles. The first-order chi connectivity index (χ1) is 8.08. The molecule has 1 saturated heterocycles. The number of amides is 2. The van der Waals surface area contributed by atoms with E-state index in [9.17, 15) is 9.59 Å². The van der Waals surface area contributed by atoms with Crippen molar-refractivity contribution in [2.45, 2.75) is 26.4 Å². The van der Waals surface area contributed by atoms with Gasteiger partial charge in [0, 0.05) is 6.54 Å². The average molecular weight is 232 g/mol. The van der Waals surface area contributed by atoms with Crippen molar-refractivity contribution in [3.05, 3.63) is 35.4 Å². The number of benzene rings is 1. The molecule has 0 saturated carbocycles. The maximum Gasteiger partial charge on any atom is 0.242 e. The highest BCUT2D eigenvalue weighted by Crippen LogP contribution is 2.12. The summed E-state index contributed by atoms with van der Waals surface area (Å²) >= 11 is 0. The van der Waals surface area contributed by atoms with Gasteiger partial charge in [0.15, 0.2) is 0 Å². The van der Waals surface area contributed by atoms with Crippen LogP contribution in [0.3, 0.4) is 0 Å². The zero-order valence-corrected chi connectivity index (χ0v) is 10.1. The third-order valence-corrected chi connectivity index (χ3v) is 3.02. The predicted molar refractivity (Wildman–Crippen MR) is 64.2 cm³/mol. The van der Waals surface area contributed by atoms with Gasteiger partial charge in [0.1, 0.15) is 6.04 Å². The number of nitrogens with zero attached hydrogens (tertiary/aromatic N) is 1. The molecule has 2 rings (SSSR count). The molecule has 17 heavy (non-hydrogen) atoms. The summed E-state index contributed by atoms with van der Waals surface area (Å²) in [6, 6.07) is 7.59. The zero-order valence-electron chi connectivity index (χ0n) is 10.1. The number of carbonyl (C=O) groups is 2. The number of aryl methyl sites for hydroxylation is 1. The van der Waals surface area contributed by atoms with E-state index in [-0.39, 0.29) is 18.4 Å². The number of hydrogen-bond acceptors (Lipinski definition) is 2. The Morgan fingerprint density at radius 2 is 2.18 bits per heavy atom. The second-order valence-electron chi connectivity index (χ2n) is 4.40. The molecule has 2 amide bonds. The van der Waals surface area contributed by atoms with Crippen LogP contribution in [0.25, 0.3) is 0 Å². The van der Waals surface area contributed by atoms with Crippen LogP contribution in [-0.2, 0) is 16.1 Å². The first-order valence-electron chi connectivity index (χ1n) is 5.70. The van der Waals surface area contributed by atoms with Gasteiger partial charge in [0.25, 0.3) is 0 Å². The lowest BCUT2D eigenvalue weighted by Gasteiger charge is -2.32. The minimum Gasteiger partial charge on any atom is -0.345 e. The molecule has 1 heterocycles. The van der Waals surface area contributed by atoms with Gasteiger partial charge in [-0.15, -0.1) is 0 Å².